The molecule has 1 fully saturated rings. The first kappa shape index (κ1) is 15.8. The molecule has 3 heterocycles. The highest BCUT2D eigenvalue weighted by atomic mass is 16.2. The molecular weight excluding hydrogens is 316 g/mol. The fourth-order valence-electron chi connectivity index (χ4n) is 3.47. The Balaban J connectivity index is 1.50. The summed E-state index contributed by atoms with van der Waals surface area (Å²) in [5.74, 6) is -0.0301. The number of nitrogens with one attached hydrogen (secondary N) is 2. The van der Waals surface area contributed by atoms with Crippen molar-refractivity contribution in [1.29, 1.82) is 0 Å². The second-order valence-corrected chi connectivity index (χ2v) is 6.43. The van der Waals surface area contributed by atoms with E-state index in [1.54, 1.807) is 29.4 Å². The number of hydrogen-bond acceptors (Lipinski definition) is 4. The molecular formula is C19H20N4O2. The number of pyridine rings is 1. The van der Waals surface area contributed by atoms with E-state index in [9.17, 15) is 9.59 Å². The Kier molecular flexibility index (Phi) is 4.19. The Hall–Kier alpha value is -2.73. The van der Waals surface area contributed by atoms with Crippen LogP contribution in [0, 0.1) is 0 Å². The number of carbonyl (C=O) groups is 2. The maximum atomic E-state index is 12.7. The van der Waals surface area contributed by atoms with Gasteiger partial charge in [0.05, 0.1) is 11.6 Å². The van der Waals surface area contributed by atoms with Gasteiger partial charge in [0.2, 0.25) is 5.91 Å². The predicted molar refractivity (Wildman–Crippen MR) is 95.7 cm³/mol. The maximum absolute atomic E-state index is 12.7. The van der Waals surface area contributed by atoms with Crippen molar-refractivity contribution in [2.24, 2.45) is 0 Å². The fraction of sp³-hybridized carbons (Fsp3) is 0.316. The lowest BCUT2D eigenvalue weighted by Gasteiger charge is -2.18. The number of anilines is 2. The standard InChI is InChI=1S/C19H20N4O2/c24-18(16-4-2-9-21-16)22-15-5-6-17-13(11-15)7-10-23(17)19(25)14-3-1-8-20-12-14/h1,3,5-6,8,11-12,16,21H,2,4,7,9-10H2,(H,22,24). The molecule has 0 aliphatic carbocycles. The van der Waals surface area contributed by atoms with Gasteiger partial charge in [-0.2, -0.15) is 0 Å². The van der Waals surface area contributed by atoms with Gasteiger partial charge in [0.1, 0.15) is 0 Å². The molecule has 2 amide bonds. The number of rotatable bonds is 3. The number of amides is 2. The van der Waals surface area contributed by atoms with Gasteiger partial charge < -0.3 is 15.5 Å². The zero-order valence-electron chi connectivity index (χ0n) is 13.9. The zero-order chi connectivity index (χ0) is 17.2. The topological polar surface area (TPSA) is 74.3 Å². The van der Waals surface area contributed by atoms with Crippen molar-refractivity contribution in [3.8, 4) is 0 Å². The van der Waals surface area contributed by atoms with E-state index in [-0.39, 0.29) is 17.9 Å². The lowest BCUT2D eigenvalue weighted by molar-refractivity contribution is -0.117. The molecule has 0 radical (unpaired) electrons. The highest BCUT2D eigenvalue weighted by Gasteiger charge is 2.27. The SMILES string of the molecule is O=C(Nc1ccc2c(c1)CCN2C(=O)c1cccnc1)C1CCCN1. The lowest BCUT2D eigenvalue weighted by atomic mass is 10.1. The maximum Gasteiger partial charge on any atom is 0.259 e. The van der Waals surface area contributed by atoms with Crippen LogP contribution in [0.3, 0.4) is 0 Å². The minimum Gasteiger partial charge on any atom is -0.325 e. The third-order valence-electron chi connectivity index (χ3n) is 4.77. The van der Waals surface area contributed by atoms with Gasteiger partial charge in [-0.15, -0.1) is 0 Å². The number of benzene rings is 1. The van der Waals surface area contributed by atoms with E-state index in [1.807, 2.05) is 18.2 Å². The molecule has 2 aliphatic heterocycles. The molecule has 128 valence electrons. The van der Waals surface area contributed by atoms with Gasteiger partial charge in [0.25, 0.3) is 5.91 Å². The fourth-order valence-corrected chi connectivity index (χ4v) is 3.47. The van der Waals surface area contributed by atoms with Crippen LogP contribution in [0.2, 0.25) is 0 Å². The van der Waals surface area contributed by atoms with Crippen LogP contribution in [0.15, 0.2) is 42.7 Å². The first-order valence-electron chi connectivity index (χ1n) is 8.61. The van der Waals surface area contributed by atoms with Crippen LogP contribution in [0.4, 0.5) is 11.4 Å². The van der Waals surface area contributed by atoms with Crippen LogP contribution in [0.1, 0.15) is 28.8 Å². The molecule has 6 nitrogen and oxygen atoms in total. The quantitative estimate of drug-likeness (QED) is 0.899. The zero-order valence-corrected chi connectivity index (χ0v) is 13.9. The first-order chi connectivity index (χ1) is 12.2. The molecule has 0 spiro atoms. The largest absolute Gasteiger partial charge is 0.325 e. The molecule has 6 heteroatoms. The average molecular weight is 336 g/mol. The van der Waals surface area contributed by atoms with Crippen molar-refractivity contribution in [3.63, 3.8) is 0 Å². The van der Waals surface area contributed by atoms with Crippen molar-refractivity contribution >= 4 is 23.2 Å². The summed E-state index contributed by atoms with van der Waals surface area (Å²) in [6.07, 6.45) is 5.94. The van der Waals surface area contributed by atoms with Crippen LogP contribution < -0.4 is 15.5 Å². The van der Waals surface area contributed by atoms with Crippen molar-refractivity contribution in [2.75, 3.05) is 23.3 Å². The van der Waals surface area contributed by atoms with E-state index in [2.05, 4.69) is 15.6 Å². The molecule has 4 rings (SSSR count). The molecule has 1 unspecified atom stereocenters. The highest BCUT2D eigenvalue weighted by molar-refractivity contribution is 6.07. The first-order valence-corrected chi connectivity index (χ1v) is 8.61. The van der Waals surface area contributed by atoms with Crippen molar-refractivity contribution in [1.82, 2.24) is 10.3 Å². The summed E-state index contributed by atoms with van der Waals surface area (Å²) >= 11 is 0. The molecule has 1 aromatic carbocycles. The molecule has 1 aromatic heterocycles. The summed E-state index contributed by atoms with van der Waals surface area (Å²) in [6.45, 7) is 1.54. The normalized spacial score (nSPS) is 18.9. The summed E-state index contributed by atoms with van der Waals surface area (Å²) in [6, 6.07) is 9.18. The van der Waals surface area contributed by atoms with E-state index in [0.717, 1.165) is 42.7 Å². The Bertz CT molecular complexity index is 800. The van der Waals surface area contributed by atoms with E-state index in [0.29, 0.717) is 12.1 Å². The summed E-state index contributed by atoms with van der Waals surface area (Å²) in [4.78, 5) is 30.7. The van der Waals surface area contributed by atoms with Gasteiger partial charge >= 0.3 is 0 Å². The van der Waals surface area contributed by atoms with Crippen LogP contribution in [-0.2, 0) is 11.2 Å². The smallest absolute Gasteiger partial charge is 0.259 e. The molecule has 1 atom stereocenters. The van der Waals surface area contributed by atoms with Crippen LogP contribution in [0.5, 0.6) is 0 Å². The molecule has 25 heavy (non-hydrogen) atoms. The molecule has 1 saturated heterocycles. The Morgan fingerprint density at radius 3 is 2.96 bits per heavy atom. The molecule has 2 aromatic rings. The number of aromatic nitrogens is 1. The molecule has 0 saturated carbocycles. The van der Waals surface area contributed by atoms with Crippen LogP contribution in [-0.4, -0.2) is 35.9 Å². The van der Waals surface area contributed by atoms with Crippen molar-refractivity contribution in [2.45, 2.75) is 25.3 Å². The van der Waals surface area contributed by atoms with Crippen molar-refractivity contribution in [3.05, 3.63) is 53.9 Å². The minimum absolute atomic E-state index is 0.0127. The molecule has 2 N–H and O–H groups in total. The second kappa shape index (κ2) is 6.64. The summed E-state index contributed by atoms with van der Waals surface area (Å²) in [5.41, 5.74) is 3.36. The lowest BCUT2D eigenvalue weighted by Crippen LogP contribution is -2.35. The molecule has 0 bridgehead atoms. The summed E-state index contributed by atoms with van der Waals surface area (Å²) < 4.78 is 0. The van der Waals surface area contributed by atoms with Crippen LogP contribution in [0.25, 0.3) is 0 Å². The van der Waals surface area contributed by atoms with Gasteiger partial charge in [-0.25, -0.2) is 0 Å². The molecule has 2 aliphatic rings. The summed E-state index contributed by atoms with van der Waals surface area (Å²) in [7, 11) is 0. The third-order valence-corrected chi connectivity index (χ3v) is 4.77. The van der Waals surface area contributed by atoms with Gasteiger partial charge in [-0.05, 0) is 61.7 Å². The van der Waals surface area contributed by atoms with Crippen LogP contribution >= 0.6 is 0 Å². The van der Waals surface area contributed by atoms with E-state index in [4.69, 9.17) is 0 Å². The average Bonchev–Trinajstić information content (AvgIpc) is 3.31. The van der Waals surface area contributed by atoms with E-state index in [1.165, 1.54) is 0 Å². The number of fused-ring (bicyclic) bond motifs is 1. The van der Waals surface area contributed by atoms with Gasteiger partial charge in [0.15, 0.2) is 0 Å². The van der Waals surface area contributed by atoms with E-state index < -0.39 is 0 Å². The minimum atomic E-state index is -0.100. The Morgan fingerprint density at radius 1 is 1.28 bits per heavy atom. The Morgan fingerprint density at radius 2 is 2.20 bits per heavy atom. The second-order valence-electron chi connectivity index (χ2n) is 6.43. The number of nitrogens with zero attached hydrogens (tertiary/aromatic N) is 2. The number of carbonyl (C=O) groups excluding carboxylic acids is 2. The monoisotopic (exact) mass is 336 g/mol. The van der Waals surface area contributed by atoms with E-state index >= 15 is 0 Å². The summed E-state index contributed by atoms with van der Waals surface area (Å²) in [5, 5.41) is 6.17. The highest BCUT2D eigenvalue weighted by Crippen LogP contribution is 2.31. The Labute approximate surface area is 146 Å². The predicted octanol–water partition coefficient (Wildman–Crippen LogP) is 1.97. The number of hydrogen-bond donors (Lipinski definition) is 2. The third kappa shape index (κ3) is 3.13. The van der Waals surface area contributed by atoms with Gasteiger partial charge in [-0.3, -0.25) is 14.6 Å². The van der Waals surface area contributed by atoms with Crippen molar-refractivity contribution < 1.29 is 9.59 Å². The van der Waals surface area contributed by atoms with Gasteiger partial charge in [-0.1, -0.05) is 0 Å². The van der Waals surface area contributed by atoms with Gasteiger partial charge in [0, 0.05) is 30.3 Å².